The number of benzene rings is 1. The highest BCUT2D eigenvalue weighted by Crippen LogP contribution is 2.17. The minimum absolute atomic E-state index is 0.0367. The van der Waals surface area contributed by atoms with Gasteiger partial charge in [0.2, 0.25) is 0 Å². The molecule has 80 valence electrons. The molecule has 1 aromatic carbocycles. The van der Waals surface area contributed by atoms with Gasteiger partial charge in [-0.1, -0.05) is 0 Å². The molecule has 0 bridgehead atoms. The Balaban J connectivity index is 2.95. The maximum absolute atomic E-state index is 11.4. The standard InChI is InChI=1S/C9H9NO4S/c1-2-14-15(11,12)9-5-3-8(4-6-9)13-7-10/h3-6H,2H2,1H3. The SMILES string of the molecule is CCOS(=O)(=O)c1ccc(OC#N)cc1. The summed E-state index contributed by atoms with van der Waals surface area (Å²) in [5.41, 5.74) is 0. The first-order valence-electron chi connectivity index (χ1n) is 4.15. The van der Waals surface area contributed by atoms with Crippen LogP contribution in [0, 0.1) is 11.5 Å². The third-order valence-electron chi connectivity index (χ3n) is 1.55. The Morgan fingerprint density at radius 3 is 2.40 bits per heavy atom. The highest BCUT2D eigenvalue weighted by atomic mass is 32.2. The first-order valence-corrected chi connectivity index (χ1v) is 5.56. The first-order chi connectivity index (χ1) is 7.10. The van der Waals surface area contributed by atoms with E-state index < -0.39 is 10.1 Å². The second-order valence-electron chi connectivity index (χ2n) is 2.53. The Morgan fingerprint density at radius 2 is 1.93 bits per heavy atom. The highest BCUT2D eigenvalue weighted by Gasteiger charge is 2.13. The Bertz CT molecular complexity index is 458. The molecule has 0 amide bonds. The minimum atomic E-state index is -3.68. The highest BCUT2D eigenvalue weighted by molar-refractivity contribution is 7.86. The molecule has 0 aliphatic carbocycles. The summed E-state index contributed by atoms with van der Waals surface area (Å²) in [6.07, 6.45) is 1.49. The summed E-state index contributed by atoms with van der Waals surface area (Å²) in [6.45, 7) is 1.67. The molecule has 6 heteroatoms. The molecular formula is C9H9NO4S. The molecule has 0 spiro atoms. The Hall–Kier alpha value is -1.58. The van der Waals surface area contributed by atoms with Gasteiger partial charge >= 0.3 is 0 Å². The number of hydrogen-bond acceptors (Lipinski definition) is 5. The van der Waals surface area contributed by atoms with E-state index in [4.69, 9.17) is 5.26 Å². The van der Waals surface area contributed by atoms with Crippen LogP contribution in [0.25, 0.3) is 0 Å². The van der Waals surface area contributed by atoms with Crippen molar-refractivity contribution in [1.29, 1.82) is 5.26 Å². The van der Waals surface area contributed by atoms with Crippen LogP contribution in [0.2, 0.25) is 0 Å². The summed E-state index contributed by atoms with van der Waals surface area (Å²) in [5.74, 6) is 0.285. The third kappa shape index (κ3) is 2.94. The summed E-state index contributed by atoms with van der Waals surface area (Å²) >= 11 is 0. The van der Waals surface area contributed by atoms with Gasteiger partial charge in [-0.15, -0.1) is 5.26 Å². The molecule has 0 radical (unpaired) electrons. The molecule has 15 heavy (non-hydrogen) atoms. The van der Waals surface area contributed by atoms with E-state index in [2.05, 4.69) is 8.92 Å². The van der Waals surface area contributed by atoms with E-state index in [-0.39, 0.29) is 17.3 Å². The van der Waals surface area contributed by atoms with E-state index in [1.807, 2.05) is 0 Å². The first kappa shape index (κ1) is 11.5. The van der Waals surface area contributed by atoms with Crippen molar-refractivity contribution in [1.82, 2.24) is 0 Å². The van der Waals surface area contributed by atoms with Gasteiger partial charge in [0.05, 0.1) is 11.5 Å². The van der Waals surface area contributed by atoms with E-state index in [0.29, 0.717) is 0 Å². The maximum Gasteiger partial charge on any atom is 0.296 e. The molecule has 5 nitrogen and oxygen atoms in total. The van der Waals surface area contributed by atoms with Gasteiger partial charge in [0.25, 0.3) is 16.4 Å². The molecule has 0 atom stereocenters. The third-order valence-corrected chi connectivity index (χ3v) is 2.94. The van der Waals surface area contributed by atoms with Gasteiger partial charge in [0.15, 0.2) is 0 Å². The van der Waals surface area contributed by atoms with Gasteiger partial charge in [-0.3, -0.25) is 4.18 Å². The lowest BCUT2D eigenvalue weighted by atomic mass is 10.3. The molecule has 0 aliphatic heterocycles. The van der Waals surface area contributed by atoms with Crippen molar-refractivity contribution in [3.63, 3.8) is 0 Å². The zero-order valence-electron chi connectivity index (χ0n) is 8.00. The molecule has 0 unspecified atom stereocenters. The lowest BCUT2D eigenvalue weighted by molar-refractivity contribution is 0.338. The lowest BCUT2D eigenvalue weighted by Crippen LogP contribution is -2.05. The van der Waals surface area contributed by atoms with Crippen molar-refractivity contribution in [2.24, 2.45) is 0 Å². The quantitative estimate of drug-likeness (QED) is 0.572. The van der Waals surface area contributed by atoms with Crippen molar-refractivity contribution >= 4 is 10.1 Å². The summed E-state index contributed by atoms with van der Waals surface area (Å²) in [6, 6.07) is 5.40. The van der Waals surface area contributed by atoms with Crippen molar-refractivity contribution in [3.8, 4) is 12.0 Å². The van der Waals surface area contributed by atoms with Crippen LogP contribution in [-0.4, -0.2) is 15.0 Å². The summed E-state index contributed by atoms with van der Waals surface area (Å²) in [5, 5.41) is 8.22. The number of nitriles is 1. The van der Waals surface area contributed by atoms with Crippen LogP contribution in [0.1, 0.15) is 6.92 Å². The normalized spacial score (nSPS) is 10.7. The van der Waals surface area contributed by atoms with Crippen LogP contribution >= 0.6 is 0 Å². The number of nitrogens with zero attached hydrogens (tertiary/aromatic N) is 1. The van der Waals surface area contributed by atoms with Gasteiger partial charge < -0.3 is 4.74 Å². The second kappa shape index (κ2) is 4.77. The fraction of sp³-hybridized carbons (Fsp3) is 0.222. The average Bonchev–Trinajstić information content (AvgIpc) is 2.19. The van der Waals surface area contributed by atoms with Crippen LogP contribution in [0.15, 0.2) is 29.2 Å². The van der Waals surface area contributed by atoms with E-state index in [9.17, 15) is 8.42 Å². The maximum atomic E-state index is 11.4. The molecule has 0 N–H and O–H groups in total. The zero-order valence-corrected chi connectivity index (χ0v) is 8.82. The summed E-state index contributed by atoms with van der Waals surface area (Å²) in [4.78, 5) is 0.0367. The zero-order chi connectivity index (χ0) is 11.3. The Kier molecular flexibility index (Phi) is 3.66. The van der Waals surface area contributed by atoms with E-state index in [1.165, 1.54) is 30.5 Å². The molecule has 1 aromatic rings. The molecule has 0 saturated heterocycles. The van der Waals surface area contributed by atoms with Crippen LogP contribution < -0.4 is 4.74 Å². The van der Waals surface area contributed by atoms with E-state index >= 15 is 0 Å². The number of hydrogen-bond donors (Lipinski definition) is 0. The Labute approximate surface area is 88.0 Å². The summed E-state index contributed by atoms with van der Waals surface area (Å²) < 4.78 is 31.8. The molecule has 0 heterocycles. The second-order valence-corrected chi connectivity index (χ2v) is 4.14. The molecule has 0 saturated carbocycles. The summed E-state index contributed by atoms with van der Waals surface area (Å²) in [7, 11) is -3.68. The Morgan fingerprint density at radius 1 is 1.33 bits per heavy atom. The van der Waals surface area contributed by atoms with Crippen LogP contribution in [0.4, 0.5) is 0 Å². The van der Waals surface area contributed by atoms with Crippen molar-refractivity contribution in [2.75, 3.05) is 6.61 Å². The van der Waals surface area contributed by atoms with Gasteiger partial charge in [-0.05, 0) is 31.2 Å². The smallest absolute Gasteiger partial charge is 0.296 e. The van der Waals surface area contributed by atoms with Gasteiger partial charge in [-0.25, -0.2) is 0 Å². The number of ether oxygens (including phenoxy) is 1. The molecule has 0 aromatic heterocycles. The van der Waals surface area contributed by atoms with Gasteiger partial charge in [0.1, 0.15) is 5.75 Å². The molecular weight excluding hydrogens is 218 g/mol. The lowest BCUT2D eigenvalue weighted by Gasteiger charge is -2.03. The molecule has 1 rings (SSSR count). The largest absolute Gasteiger partial charge is 0.388 e. The monoisotopic (exact) mass is 227 g/mol. The van der Waals surface area contributed by atoms with Gasteiger partial charge in [-0.2, -0.15) is 8.42 Å². The van der Waals surface area contributed by atoms with Crippen LogP contribution in [0.5, 0.6) is 5.75 Å². The predicted octanol–water partition coefficient (Wildman–Crippen LogP) is 1.27. The topological polar surface area (TPSA) is 76.4 Å². The molecule has 0 fully saturated rings. The van der Waals surface area contributed by atoms with Crippen LogP contribution in [-0.2, 0) is 14.3 Å². The van der Waals surface area contributed by atoms with Crippen molar-refractivity contribution < 1.29 is 17.3 Å². The van der Waals surface area contributed by atoms with Crippen LogP contribution in [0.3, 0.4) is 0 Å². The average molecular weight is 227 g/mol. The van der Waals surface area contributed by atoms with Gasteiger partial charge in [0, 0.05) is 0 Å². The van der Waals surface area contributed by atoms with Crippen molar-refractivity contribution in [2.45, 2.75) is 11.8 Å². The van der Waals surface area contributed by atoms with Crippen molar-refractivity contribution in [3.05, 3.63) is 24.3 Å². The molecule has 0 aliphatic rings. The fourth-order valence-electron chi connectivity index (χ4n) is 0.950. The van der Waals surface area contributed by atoms with E-state index in [1.54, 1.807) is 6.92 Å². The minimum Gasteiger partial charge on any atom is -0.388 e. The number of rotatable bonds is 4. The predicted molar refractivity (Wildman–Crippen MR) is 51.5 cm³/mol. The van der Waals surface area contributed by atoms with E-state index in [0.717, 1.165) is 0 Å². The fourth-order valence-corrected chi connectivity index (χ4v) is 1.87.